The first-order valence-corrected chi connectivity index (χ1v) is 10.4. The minimum atomic E-state index is -3.13. The predicted octanol–water partition coefficient (Wildman–Crippen LogP) is 3.02. The molecule has 0 radical (unpaired) electrons. The summed E-state index contributed by atoms with van der Waals surface area (Å²) < 4.78 is 25.2. The van der Waals surface area contributed by atoms with Crippen LogP contribution in [-0.2, 0) is 16.4 Å². The van der Waals surface area contributed by atoms with E-state index in [-0.39, 0.29) is 6.04 Å². The molecule has 24 heavy (non-hydrogen) atoms. The molecule has 130 valence electrons. The number of aryl methyl sites for hydroxylation is 1. The second kappa shape index (κ2) is 7.07. The van der Waals surface area contributed by atoms with E-state index in [4.69, 9.17) is 4.98 Å². The molecule has 0 aliphatic carbocycles. The number of nitrogens with one attached hydrogen (secondary N) is 1. The Kier molecular flexibility index (Phi) is 5.06. The number of hydrogen-bond acceptors (Lipinski definition) is 4. The highest BCUT2D eigenvalue weighted by Gasteiger charge is 2.26. The van der Waals surface area contributed by atoms with Crippen molar-refractivity contribution >= 4 is 26.6 Å². The normalized spacial score (nSPS) is 19.5. The number of fused-ring (bicyclic) bond motifs is 1. The van der Waals surface area contributed by atoms with Crippen LogP contribution >= 0.6 is 0 Å². The van der Waals surface area contributed by atoms with Crippen LogP contribution in [0.3, 0.4) is 0 Å². The summed E-state index contributed by atoms with van der Waals surface area (Å²) in [6.07, 6.45) is 5.15. The summed E-state index contributed by atoms with van der Waals surface area (Å²) in [5.41, 5.74) is 3.13. The fraction of sp³-hybridized carbons (Fsp3) is 0.500. The lowest BCUT2D eigenvalue weighted by Gasteiger charge is -2.32. The van der Waals surface area contributed by atoms with E-state index in [1.165, 1.54) is 6.26 Å². The van der Waals surface area contributed by atoms with Gasteiger partial charge in [0.15, 0.2) is 0 Å². The van der Waals surface area contributed by atoms with Crippen molar-refractivity contribution in [1.82, 2.24) is 9.29 Å². The lowest BCUT2D eigenvalue weighted by molar-refractivity contribution is 0.329. The van der Waals surface area contributed by atoms with Gasteiger partial charge < -0.3 is 5.32 Å². The molecule has 3 rings (SSSR count). The van der Waals surface area contributed by atoms with Gasteiger partial charge in [-0.25, -0.2) is 12.7 Å². The molecule has 0 amide bonds. The van der Waals surface area contributed by atoms with Crippen molar-refractivity contribution in [2.75, 3.05) is 24.7 Å². The van der Waals surface area contributed by atoms with Crippen LogP contribution in [0, 0.1) is 0 Å². The van der Waals surface area contributed by atoms with Gasteiger partial charge in [0.2, 0.25) is 10.0 Å². The van der Waals surface area contributed by atoms with Crippen molar-refractivity contribution in [3.05, 3.63) is 36.0 Å². The smallest absolute Gasteiger partial charge is 0.211 e. The van der Waals surface area contributed by atoms with Crippen molar-refractivity contribution in [2.24, 2.45) is 0 Å². The molecule has 1 aromatic heterocycles. The molecule has 1 fully saturated rings. The van der Waals surface area contributed by atoms with Crippen molar-refractivity contribution < 1.29 is 8.42 Å². The van der Waals surface area contributed by atoms with Crippen molar-refractivity contribution in [3.8, 4) is 0 Å². The molecule has 2 aromatic rings. The van der Waals surface area contributed by atoms with E-state index < -0.39 is 10.0 Å². The van der Waals surface area contributed by atoms with E-state index in [0.717, 1.165) is 48.0 Å². The van der Waals surface area contributed by atoms with Crippen molar-refractivity contribution in [2.45, 2.75) is 38.6 Å². The maximum absolute atomic E-state index is 11.8. The van der Waals surface area contributed by atoms with Gasteiger partial charge in [0, 0.05) is 35.9 Å². The number of rotatable bonds is 5. The van der Waals surface area contributed by atoms with E-state index >= 15 is 0 Å². The average Bonchev–Trinajstić information content (AvgIpc) is 2.55. The van der Waals surface area contributed by atoms with E-state index in [9.17, 15) is 8.42 Å². The lowest BCUT2D eigenvalue weighted by atomic mass is 10.1. The number of benzene rings is 1. The Morgan fingerprint density at radius 3 is 2.88 bits per heavy atom. The number of aromatic nitrogens is 1. The third-order valence-corrected chi connectivity index (χ3v) is 5.76. The highest BCUT2D eigenvalue weighted by molar-refractivity contribution is 7.88. The van der Waals surface area contributed by atoms with E-state index in [1.807, 2.05) is 18.2 Å². The Labute approximate surface area is 144 Å². The van der Waals surface area contributed by atoms with Crippen LogP contribution in [0.1, 0.15) is 31.9 Å². The molecule has 5 nitrogen and oxygen atoms in total. The summed E-state index contributed by atoms with van der Waals surface area (Å²) in [6.45, 7) is 3.29. The summed E-state index contributed by atoms with van der Waals surface area (Å²) >= 11 is 0. The number of para-hydroxylation sites is 1. The zero-order valence-electron chi connectivity index (χ0n) is 14.3. The van der Waals surface area contributed by atoms with Crippen LogP contribution in [0.5, 0.6) is 0 Å². The number of anilines is 1. The Balaban J connectivity index is 1.88. The molecule has 1 N–H and O–H groups in total. The number of piperidine rings is 1. The quantitative estimate of drug-likeness (QED) is 0.903. The standard InChI is InChI=1S/C18H25N3O2S/c1-3-7-14-12-18(16-9-4-5-10-17(16)19-14)20-15-8-6-11-21(13-15)24(2,22)23/h4-5,9-10,12,15H,3,6-8,11,13H2,1-2H3,(H,19,20). The highest BCUT2D eigenvalue weighted by Crippen LogP contribution is 2.26. The fourth-order valence-corrected chi connectivity index (χ4v) is 4.23. The van der Waals surface area contributed by atoms with Gasteiger partial charge in [-0.1, -0.05) is 31.5 Å². The predicted molar refractivity (Wildman–Crippen MR) is 98.8 cm³/mol. The van der Waals surface area contributed by atoms with Gasteiger partial charge in [0.25, 0.3) is 0 Å². The third kappa shape index (κ3) is 3.87. The highest BCUT2D eigenvalue weighted by atomic mass is 32.2. The number of hydrogen-bond donors (Lipinski definition) is 1. The molecule has 0 bridgehead atoms. The first-order chi connectivity index (χ1) is 11.5. The topological polar surface area (TPSA) is 62.3 Å². The minimum Gasteiger partial charge on any atom is -0.380 e. The molecule has 1 atom stereocenters. The first-order valence-electron chi connectivity index (χ1n) is 8.57. The van der Waals surface area contributed by atoms with Gasteiger partial charge in [0.05, 0.1) is 11.8 Å². The lowest BCUT2D eigenvalue weighted by Crippen LogP contribution is -2.44. The maximum Gasteiger partial charge on any atom is 0.211 e. The molecular weight excluding hydrogens is 322 g/mol. The van der Waals surface area contributed by atoms with E-state index in [1.54, 1.807) is 4.31 Å². The van der Waals surface area contributed by atoms with Crippen LogP contribution in [0.4, 0.5) is 5.69 Å². The molecular formula is C18H25N3O2S. The number of pyridine rings is 1. The van der Waals surface area contributed by atoms with Crippen LogP contribution in [0.15, 0.2) is 30.3 Å². The molecule has 1 saturated heterocycles. The van der Waals surface area contributed by atoms with Gasteiger partial charge in [-0.2, -0.15) is 0 Å². The zero-order valence-corrected chi connectivity index (χ0v) is 15.1. The Hall–Kier alpha value is -1.66. The number of nitrogens with zero attached hydrogens (tertiary/aromatic N) is 2. The third-order valence-electron chi connectivity index (χ3n) is 4.49. The molecule has 1 aliphatic heterocycles. The van der Waals surface area contributed by atoms with Crippen molar-refractivity contribution in [3.63, 3.8) is 0 Å². The Bertz CT molecular complexity index is 820. The van der Waals surface area contributed by atoms with Crippen LogP contribution < -0.4 is 5.32 Å². The number of sulfonamides is 1. The van der Waals surface area contributed by atoms with Gasteiger partial charge >= 0.3 is 0 Å². The van der Waals surface area contributed by atoms with E-state index in [2.05, 4.69) is 24.4 Å². The summed E-state index contributed by atoms with van der Waals surface area (Å²) in [5.74, 6) is 0. The molecule has 6 heteroatoms. The summed E-state index contributed by atoms with van der Waals surface area (Å²) in [4.78, 5) is 4.73. The molecule has 0 saturated carbocycles. The Morgan fingerprint density at radius 1 is 1.33 bits per heavy atom. The molecule has 1 unspecified atom stereocenters. The zero-order chi connectivity index (χ0) is 17.2. The van der Waals surface area contributed by atoms with Gasteiger partial charge in [-0.3, -0.25) is 4.98 Å². The molecule has 0 spiro atoms. The summed E-state index contributed by atoms with van der Waals surface area (Å²) in [6, 6.07) is 10.4. The monoisotopic (exact) mass is 347 g/mol. The Morgan fingerprint density at radius 2 is 2.12 bits per heavy atom. The van der Waals surface area contributed by atoms with Crippen LogP contribution in [-0.4, -0.2) is 43.1 Å². The van der Waals surface area contributed by atoms with Crippen molar-refractivity contribution in [1.29, 1.82) is 0 Å². The molecule has 1 aliphatic rings. The van der Waals surface area contributed by atoms with Gasteiger partial charge in [0.1, 0.15) is 0 Å². The average molecular weight is 347 g/mol. The fourth-order valence-electron chi connectivity index (χ4n) is 3.32. The second-order valence-corrected chi connectivity index (χ2v) is 8.52. The minimum absolute atomic E-state index is 0.133. The van der Waals surface area contributed by atoms with Crippen LogP contribution in [0.2, 0.25) is 0 Å². The summed E-state index contributed by atoms with van der Waals surface area (Å²) in [5, 5.41) is 4.67. The second-order valence-electron chi connectivity index (χ2n) is 6.53. The molecule has 2 heterocycles. The van der Waals surface area contributed by atoms with Gasteiger partial charge in [-0.05, 0) is 31.4 Å². The summed E-state index contributed by atoms with van der Waals surface area (Å²) in [7, 11) is -3.13. The SMILES string of the molecule is CCCc1cc(NC2CCCN(S(C)(=O)=O)C2)c2ccccc2n1. The largest absolute Gasteiger partial charge is 0.380 e. The molecule has 1 aromatic carbocycles. The van der Waals surface area contributed by atoms with E-state index in [0.29, 0.717) is 13.1 Å². The maximum atomic E-state index is 11.8. The van der Waals surface area contributed by atoms with Gasteiger partial charge in [-0.15, -0.1) is 0 Å². The van der Waals surface area contributed by atoms with Crippen LogP contribution in [0.25, 0.3) is 10.9 Å². The first kappa shape index (κ1) is 17.2.